The number of nitrogens with zero attached hydrogens (tertiary/aromatic N) is 3. The molecule has 1 aliphatic rings. The standard InChI is InChI=1S/C11H17BrN4O/c1-11(2)7-13-4-5-16(11)10-14-6-8(12)9(15-10)17-3/h6,13H,4-5,7H2,1-3H3. The Bertz CT molecular complexity index is 410. The second-order valence-corrected chi connectivity index (χ2v) is 5.52. The Morgan fingerprint density at radius 3 is 2.94 bits per heavy atom. The molecule has 0 saturated carbocycles. The maximum Gasteiger partial charge on any atom is 0.232 e. The zero-order chi connectivity index (χ0) is 12.5. The van der Waals surface area contributed by atoms with Gasteiger partial charge in [0.05, 0.1) is 17.8 Å². The Kier molecular flexibility index (Phi) is 3.53. The third kappa shape index (κ3) is 2.52. The second-order valence-electron chi connectivity index (χ2n) is 4.67. The van der Waals surface area contributed by atoms with Crippen LogP contribution in [0.2, 0.25) is 0 Å². The summed E-state index contributed by atoms with van der Waals surface area (Å²) in [6, 6.07) is 0. The van der Waals surface area contributed by atoms with E-state index in [1.807, 2.05) is 0 Å². The van der Waals surface area contributed by atoms with Crippen LogP contribution in [0.4, 0.5) is 5.95 Å². The van der Waals surface area contributed by atoms with Crippen molar-refractivity contribution in [1.82, 2.24) is 15.3 Å². The number of anilines is 1. The van der Waals surface area contributed by atoms with Crippen molar-refractivity contribution in [3.63, 3.8) is 0 Å². The second kappa shape index (κ2) is 4.78. The number of aromatic nitrogens is 2. The van der Waals surface area contributed by atoms with E-state index < -0.39 is 0 Å². The quantitative estimate of drug-likeness (QED) is 0.895. The van der Waals surface area contributed by atoms with Crippen molar-refractivity contribution in [2.75, 3.05) is 31.6 Å². The number of halogens is 1. The molecule has 94 valence electrons. The van der Waals surface area contributed by atoms with Crippen LogP contribution in [-0.2, 0) is 0 Å². The maximum absolute atomic E-state index is 5.20. The van der Waals surface area contributed by atoms with Gasteiger partial charge in [0.15, 0.2) is 0 Å². The van der Waals surface area contributed by atoms with Crippen LogP contribution in [0, 0.1) is 0 Å². The van der Waals surface area contributed by atoms with Gasteiger partial charge < -0.3 is 15.0 Å². The molecule has 1 aliphatic heterocycles. The molecule has 0 spiro atoms. The van der Waals surface area contributed by atoms with Crippen LogP contribution in [0.1, 0.15) is 13.8 Å². The molecular weight excluding hydrogens is 284 g/mol. The molecule has 2 rings (SSSR count). The molecule has 0 atom stereocenters. The van der Waals surface area contributed by atoms with Gasteiger partial charge in [0.25, 0.3) is 0 Å². The molecule has 1 aromatic heterocycles. The molecule has 0 aliphatic carbocycles. The molecule has 1 N–H and O–H groups in total. The highest BCUT2D eigenvalue weighted by atomic mass is 79.9. The van der Waals surface area contributed by atoms with Gasteiger partial charge in [0.2, 0.25) is 11.8 Å². The Morgan fingerprint density at radius 1 is 1.53 bits per heavy atom. The maximum atomic E-state index is 5.20. The van der Waals surface area contributed by atoms with Crippen molar-refractivity contribution in [2.24, 2.45) is 0 Å². The molecule has 0 bridgehead atoms. The van der Waals surface area contributed by atoms with Crippen molar-refractivity contribution in [3.05, 3.63) is 10.7 Å². The Morgan fingerprint density at radius 2 is 2.29 bits per heavy atom. The van der Waals surface area contributed by atoms with E-state index in [0.717, 1.165) is 30.1 Å². The summed E-state index contributed by atoms with van der Waals surface area (Å²) >= 11 is 3.36. The van der Waals surface area contributed by atoms with Crippen LogP contribution < -0.4 is 15.0 Å². The summed E-state index contributed by atoms with van der Waals surface area (Å²) in [5.74, 6) is 1.29. The molecule has 2 heterocycles. The van der Waals surface area contributed by atoms with Gasteiger partial charge in [-0.3, -0.25) is 0 Å². The highest BCUT2D eigenvalue weighted by molar-refractivity contribution is 9.10. The number of rotatable bonds is 2. The van der Waals surface area contributed by atoms with Gasteiger partial charge in [-0.25, -0.2) is 4.98 Å². The normalized spacial score (nSPS) is 19.2. The van der Waals surface area contributed by atoms with Crippen LogP contribution >= 0.6 is 15.9 Å². The van der Waals surface area contributed by atoms with Crippen molar-refractivity contribution < 1.29 is 4.74 Å². The lowest BCUT2D eigenvalue weighted by atomic mass is 10.0. The summed E-state index contributed by atoms with van der Waals surface area (Å²) in [7, 11) is 1.61. The van der Waals surface area contributed by atoms with Crippen molar-refractivity contribution >= 4 is 21.9 Å². The summed E-state index contributed by atoms with van der Waals surface area (Å²) in [4.78, 5) is 11.0. The number of hydrogen-bond acceptors (Lipinski definition) is 5. The van der Waals surface area contributed by atoms with Gasteiger partial charge in [0.1, 0.15) is 0 Å². The summed E-state index contributed by atoms with van der Waals surface area (Å²) in [6.07, 6.45) is 1.74. The van der Waals surface area contributed by atoms with E-state index in [1.54, 1.807) is 13.3 Å². The average molecular weight is 301 g/mol. The molecule has 17 heavy (non-hydrogen) atoms. The zero-order valence-electron chi connectivity index (χ0n) is 10.3. The van der Waals surface area contributed by atoms with E-state index in [0.29, 0.717) is 5.88 Å². The number of methoxy groups -OCH3 is 1. The molecule has 0 radical (unpaired) electrons. The molecule has 6 heteroatoms. The predicted octanol–water partition coefficient (Wildman–Crippen LogP) is 1.44. The molecule has 5 nitrogen and oxygen atoms in total. The van der Waals surface area contributed by atoms with E-state index in [-0.39, 0.29) is 5.54 Å². The van der Waals surface area contributed by atoms with E-state index in [9.17, 15) is 0 Å². The average Bonchev–Trinajstić information content (AvgIpc) is 2.30. The van der Waals surface area contributed by atoms with Gasteiger partial charge in [-0.05, 0) is 29.8 Å². The van der Waals surface area contributed by atoms with Crippen molar-refractivity contribution in [2.45, 2.75) is 19.4 Å². The van der Waals surface area contributed by atoms with Crippen LogP contribution in [0.15, 0.2) is 10.7 Å². The summed E-state index contributed by atoms with van der Waals surface area (Å²) in [5.41, 5.74) is 0.0110. The topological polar surface area (TPSA) is 50.3 Å². The first-order valence-corrected chi connectivity index (χ1v) is 6.39. The summed E-state index contributed by atoms with van der Waals surface area (Å²) < 4.78 is 5.98. The molecule has 1 saturated heterocycles. The largest absolute Gasteiger partial charge is 0.480 e. The van der Waals surface area contributed by atoms with Gasteiger partial charge in [-0.2, -0.15) is 4.98 Å². The third-order valence-corrected chi connectivity index (χ3v) is 3.48. The molecular formula is C11H17BrN4O. The highest BCUT2D eigenvalue weighted by Crippen LogP contribution is 2.27. The van der Waals surface area contributed by atoms with E-state index in [4.69, 9.17) is 4.74 Å². The molecule has 1 fully saturated rings. The Labute approximate surface area is 110 Å². The first kappa shape index (κ1) is 12.6. The number of ether oxygens (including phenoxy) is 1. The molecule has 0 amide bonds. The van der Waals surface area contributed by atoms with E-state index in [2.05, 4.69) is 50.0 Å². The van der Waals surface area contributed by atoms with Crippen LogP contribution in [0.25, 0.3) is 0 Å². The minimum absolute atomic E-state index is 0.0110. The van der Waals surface area contributed by atoms with Gasteiger partial charge in [0, 0.05) is 25.2 Å². The lowest BCUT2D eigenvalue weighted by molar-refractivity contribution is 0.366. The summed E-state index contributed by atoms with van der Waals surface area (Å²) in [6.45, 7) is 7.13. The lowest BCUT2D eigenvalue weighted by Gasteiger charge is -2.42. The SMILES string of the molecule is COc1nc(N2CCNCC2(C)C)ncc1Br. The van der Waals surface area contributed by atoms with Crippen LogP contribution in [-0.4, -0.2) is 42.3 Å². The van der Waals surface area contributed by atoms with Gasteiger partial charge >= 0.3 is 0 Å². The Hall–Kier alpha value is -0.880. The molecule has 1 aromatic rings. The molecule has 0 aromatic carbocycles. The zero-order valence-corrected chi connectivity index (χ0v) is 11.9. The van der Waals surface area contributed by atoms with E-state index in [1.165, 1.54) is 0 Å². The third-order valence-electron chi connectivity index (χ3n) is 2.93. The van der Waals surface area contributed by atoms with Crippen LogP contribution in [0.3, 0.4) is 0 Å². The predicted molar refractivity (Wildman–Crippen MR) is 70.6 cm³/mol. The number of nitrogens with one attached hydrogen (secondary N) is 1. The van der Waals surface area contributed by atoms with Crippen molar-refractivity contribution in [1.29, 1.82) is 0 Å². The van der Waals surface area contributed by atoms with E-state index >= 15 is 0 Å². The van der Waals surface area contributed by atoms with Crippen LogP contribution in [0.5, 0.6) is 5.88 Å². The fraction of sp³-hybridized carbons (Fsp3) is 0.636. The minimum atomic E-state index is 0.0110. The first-order chi connectivity index (χ1) is 8.04. The smallest absolute Gasteiger partial charge is 0.232 e. The lowest BCUT2D eigenvalue weighted by Crippen LogP contribution is -2.58. The van der Waals surface area contributed by atoms with Gasteiger partial charge in [-0.15, -0.1) is 0 Å². The monoisotopic (exact) mass is 300 g/mol. The Balaban J connectivity index is 2.32. The minimum Gasteiger partial charge on any atom is -0.480 e. The van der Waals surface area contributed by atoms with Gasteiger partial charge in [-0.1, -0.05) is 0 Å². The fourth-order valence-electron chi connectivity index (χ4n) is 1.97. The highest BCUT2D eigenvalue weighted by Gasteiger charge is 2.31. The first-order valence-electron chi connectivity index (χ1n) is 5.59. The number of hydrogen-bond donors (Lipinski definition) is 1. The fourth-order valence-corrected chi connectivity index (χ4v) is 2.32. The van der Waals surface area contributed by atoms with Crippen molar-refractivity contribution in [3.8, 4) is 5.88 Å². The summed E-state index contributed by atoms with van der Waals surface area (Å²) in [5, 5.41) is 3.38. The molecule has 0 unspecified atom stereocenters. The number of piperazine rings is 1.